The average molecular weight is 459 g/mol. The van der Waals surface area contributed by atoms with Gasteiger partial charge in [-0.1, -0.05) is 47.8 Å². The molecule has 0 spiro atoms. The van der Waals surface area contributed by atoms with Crippen molar-refractivity contribution in [3.63, 3.8) is 0 Å². The van der Waals surface area contributed by atoms with Gasteiger partial charge < -0.3 is 4.42 Å². The molecule has 3 aromatic rings. The van der Waals surface area contributed by atoms with E-state index in [9.17, 15) is 0 Å². The van der Waals surface area contributed by atoms with E-state index in [1.54, 1.807) is 0 Å². The van der Waals surface area contributed by atoms with Gasteiger partial charge in [0.25, 0.3) is 0 Å². The van der Waals surface area contributed by atoms with Crippen molar-refractivity contribution in [3.05, 3.63) is 55.9 Å². The van der Waals surface area contributed by atoms with Gasteiger partial charge in [-0.05, 0) is 42.5 Å². The quantitative estimate of drug-likeness (QED) is 0.495. The first kappa shape index (κ1) is 14.0. The third-order valence-corrected chi connectivity index (χ3v) is 4.07. The Bertz CT molecular complexity index is 733. The van der Waals surface area contributed by atoms with Gasteiger partial charge in [0.05, 0.1) is 0 Å². The second-order valence-corrected chi connectivity index (χ2v) is 6.82. The lowest BCUT2D eigenvalue weighted by atomic mass is 10.2. The molecule has 0 saturated heterocycles. The summed E-state index contributed by atoms with van der Waals surface area (Å²) in [4.78, 5) is 0. The molecule has 0 amide bonds. The third kappa shape index (κ3) is 3.02. The van der Waals surface area contributed by atoms with Crippen LogP contribution in [0.25, 0.3) is 22.9 Å². The predicted molar refractivity (Wildman–Crippen MR) is 88.3 cm³/mol. The van der Waals surface area contributed by atoms with E-state index < -0.39 is 0 Å². The van der Waals surface area contributed by atoms with Gasteiger partial charge in [-0.15, -0.1) is 10.2 Å². The third-order valence-electron chi connectivity index (χ3n) is 2.63. The van der Waals surface area contributed by atoms with Gasteiger partial charge in [0.15, 0.2) is 0 Å². The van der Waals surface area contributed by atoms with Crippen molar-refractivity contribution in [1.82, 2.24) is 10.2 Å². The molecule has 20 heavy (non-hydrogen) atoms. The molecule has 0 aliphatic carbocycles. The molecular weight excluding hydrogens is 452 g/mol. The minimum atomic E-state index is 0.491. The lowest BCUT2D eigenvalue weighted by molar-refractivity contribution is 0.584. The summed E-state index contributed by atoms with van der Waals surface area (Å²) >= 11 is 10.3. The summed E-state index contributed by atoms with van der Waals surface area (Å²) in [5, 5.41) is 8.19. The molecule has 2 aromatic carbocycles. The van der Waals surface area contributed by atoms with Gasteiger partial charge in [-0.25, -0.2) is 0 Å². The molecule has 0 unspecified atom stereocenters. The van der Waals surface area contributed by atoms with Crippen LogP contribution in [0.15, 0.2) is 60.3 Å². The van der Waals surface area contributed by atoms with E-state index in [4.69, 9.17) is 4.42 Å². The Morgan fingerprint density at radius 3 is 1.80 bits per heavy atom. The topological polar surface area (TPSA) is 38.9 Å². The van der Waals surface area contributed by atoms with Gasteiger partial charge in [0.2, 0.25) is 11.8 Å². The first-order valence-electron chi connectivity index (χ1n) is 5.68. The minimum absolute atomic E-state index is 0.491. The summed E-state index contributed by atoms with van der Waals surface area (Å²) in [6, 6.07) is 13.6. The Hall–Kier alpha value is -0.980. The Kier molecular flexibility index (Phi) is 4.05. The van der Waals surface area contributed by atoms with Crippen LogP contribution in [-0.2, 0) is 0 Å². The van der Waals surface area contributed by atoms with E-state index in [1.165, 1.54) is 0 Å². The lowest BCUT2D eigenvalue weighted by Crippen LogP contribution is -1.78. The summed E-state index contributed by atoms with van der Waals surface area (Å²) < 4.78 is 8.64. The Labute approximate surface area is 140 Å². The number of hydrogen-bond donors (Lipinski definition) is 0. The molecule has 0 radical (unpaired) electrons. The maximum Gasteiger partial charge on any atom is 0.248 e. The Balaban J connectivity index is 1.99. The highest BCUT2D eigenvalue weighted by Crippen LogP contribution is 2.29. The Morgan fingerprint density at radius 1 is 0.650 bits per heavy atom. The first-order chi connectivity index (χ1) is 9.61. The fraction of sp³-hybridized carbons (Fsp3) is 0. The molecule has 3 rings (SSSR count). The normalized spacial score (nSPS) is 10.8. The van der Waals surface area contributed by atoms with Gasteiger partial charge in [-0.3, -0.25) is 0 Å². The van der Waals surface area contributed by atoms with Gasteiger partial charge in [-0.2, -0.15) is 0 Å². The number of benzene rings is 2. The SMILES string of the molecule is Brc1ccc(-c2nnc(-c3cc(Br)cc(Br)c3)o2)cc1. The van der Waals surface area contributed by atoms with E-state index in [-0.39, 0.29) is 0 Å². The average Bonchev–Trinajstić information content (AvgIpc) is 2.88. The number of halogens is 3. The molecule has 6 heteroatoms. The standard InChI is InChI=1S/C14H7Br3N2O/c15-10-3-1-8(2-4-10)13-18-19-14(20-13)9-5-11(16)7-12(17)6-9/h1-7H. The van der Waals surface area contributed by atoms with Crippen LogP contribution in [0.3, 0.4) is 0 Å². The highest BCUT2D eigenvalue weighted by Gasteiger charge is 2.11. The highest BCUT2D eigenvalue weighted by atomic mass is 79.9. The molecule has 0 saturated carbocycles. The molecule has 0 N–H and O–H groups in total. The van der Waals surface area contributed by atoms with Crippen molar-refractivity contribution in [2.24, 2.45) is 0 Å². The Morgan fingerprint density at radius 2 is 1.20 bits per heavy atom. The first-order valence-corrected chi connectivity index (χ1v) is 8.05. The molecule has 0 atom stereocenters. The molecule has 100 valence electrons. The predicted octanol–water partition coefficient (Wildman–Crippen LogP) is 5.69. The number of nitrogens with zero attached hydrogens (tertiary/aromatic N) is 2. The second kappa shape index (κ2) is 5.79. The van der Waals surface area contributed by atoms with Crippen molar-refractivity contribution in [1.29, 1.82) is 0 Å². The number of rotatable bonds is 2. The van der Waals surface area contributed by atoms with Crippen molar-refractivity contribution in [2.45, 2.75) is 0 Å². The highest BCUT2D eigenvalue weighted by molar-refractivity contribution is 9.11. The van der Waals surface area contributed by atoms with Crippen LogP contribution in [0, 0.1) is 0 Å². The smallest absolute Gasteiger partial charge is 0.248 e. The number of aromatic nitrogens is 2. The molecule has 0 aliphatic rings. The zero-order valence-electron chi connectivity index (χ0n) is 9.98. The van der Waals surface area contributed by atoms with Gasteiger partial charge in [0, 0.05) is 24.5 Å². The zero-order chi connectivity index (χ0) is 14.1. The summed E-state index contributed by atoms with van der Waals surface area (Å²) in [5.41, 5.74) is 1.75. The van der Waals surface area contributed by atoms with Crippen LogP contribution in [0.2, 0.25) is 0 Å². The molecule has 0 aliphatic heterocycles. The van der Waals surface area contributed by atoms with Crippen LogP contribution in [0.5, 0.6) is 0 Å². The van der Waals surface area contributed by atoms with Crippen molar-refractivity contribution < 1.29 is 4.42 Å². The van der Waals surface area contributed by atoms with Gasteiger partial charge >= 0.3 is 0 Å². The summed E-state index contributed by atoms with van der Waals surface area (Å²) in [7, 11) is 0. The van der Waals surface area contributed by atoms with Crippen molar-refractivity contribution >= 4 is 47.8 Å². The summed E-state index contributed by atoms with van der Waals surface area (Å²) in [6.45, 7) is 0. The van der Waals surface area contributed by atoms with Crippen LogP contribution in [-0.4, -0.2) is 10.2 Å². The monoisotopic (exact) mass is 456 g/mol. The fourth-order valence-electron chi connectivity index (χ4n) is 1.73. The maximum absolute atomic E-state index is 5.73. The molecule has 0 bridgehead atoms. The summed E-state index contributed by atoms with van der Waals surface area (Å²) in [5.74, 6) is 0.994. The van der Waals surface area contributed by atoms with E-state index in [2.05, 4.69) is 58.0 Å². The largest absolute Gasteiger partial charge is 0.416 e. The van der Waals surface area contributed by atoms with E-state index in [1.807, 2.05) is 42.5 Å². The molecular formula is C14H7Br3N2O. The van der Waals surface area contributed by atoms with Gasteiger partial charge in [0.1, 0.15) is 0 Å². The van der Waals surface area contributed by atoms with Crippen LogP contribution in [0.1, 0.15) is 0 Å². The molecule has 0 fully saturated rings. The van der Waals surface area contributed by atoms with Crippen molar-refractivity contribution in [2.75, 3.05) is 0 Å². The molecule has 3 nitrogen and oxygen atoms in total. The number of hydrogen-bond acceptors (Lipinski definition) is 3. The van der Waals surface area contributed by atoms with Crippen LogP contribution < -0.4 is 0 Å². The summed E-state index contributed by atoms with van der Waals surface area (Å²) in [6.07, 6.45) is 0. The maximum atomic E-state index is 5.73. The van der Waals surface area contributed by atoms with Crippen LogP contribution >= 0.6 is 47.8 Å². The fourth-order valence-corrected chi connectivity index (χ4v) is 3.28. The second-order valence-electron chi connectivity index (χ2n) is 4.08. The molecule has 1 aromatic heterocycles. The van der Waals surface area contributed by atoms with E-state index in [0.717, 1.165) is 24.5 Å². The van der Waals surface area contributed by atoms with E-state index in [0.29, 0.717) is 11.8 Å². The van der Waals surface area contributed by atoms with Crippen LogP contribution in [0.4, 0.5) is 0 Å². The zero-order valence-corrected chi connectivity index (χ0v) is 14.7. The van der Waals surface area contributed by atoms with Crippen molar-refractivity contribution in [3.8, 4) is 22.9 Å². The minimum Gasteiger partial charge on any atom is -0.416 e. The molecule has 1 heterocycles. The lowest BCUT2D eigenvalue weighted by Gasteiger charge is -1.98. The van der Waals surface area contributed by atoms with E-state index >= 15 is 0 Å².